The van der Waals surface area contributed by atoms with Crippen LogP contribution in [0.3, 0.4) is 0 Å². The molecular formula is C28H24N2. The second-order valence-electron chi connectivity index (χ2n) is 7.72. The van der Waals surface area contributed by atoms with Crippen molar-refractivity contribution in [3.05, 3.63) is 126 Å². The van der Waals surface area contributed by atoms with E-state index in [4.69, 9.17) is 5.10 Å². The largest absolute Gasteiger partial charge is 0.261 e. The maximum atomic E-state index is 5.06. The van der Waals surface area contributed by atoms with Gasteiger partial charge in [-0.2, -0.15) is 5.10 Å². The quantitative estimate of drug-likeness (QED) is 0.377. The van der Waals surface area contributed by atoms with Crippen LogP contribution < -0.4 is 5.01 Å². The molecule has 0 saturated carbocycles. The first-order valence-electron chi connectivity index (χ1n) is 10.5. The van der Waals surface area contributed by atoms with E-state index in [1.54, 1.807) is 0 Å². The number of hydrogen-bond acceptors (Lipinski definition) is 2. The minimum absolute atomic E-state index is 0.318. The number of rotatable bonds is 5. The SMILES string of the molecule is c1ccc(CC2CC(c3ccc(-c4ccccc4)cc3)=NN2c2ccccc2)cc1. The molecule has 1 atom stereocenters. The van der Waals surface area contributed by atoms with Crippen LogP contribution in [0.5, 0.6) is 0 Å². The minimum atomic E-state index is 0.318. The van der Waals surface area contributed by atoms with Gasteiger partial charge < -0.3 is 0 Å². The van der Waals surface area contributed by atoms with Gasteiger partial charge in [-0.1, -0.05) is 103 Å². The Labute approximate surface area is 178 Å². The van der Waals surface area contributed by atoms with E-state index in [0.29, 0.717) is 6.04 Å². The van der Waals surface area contributed by atoms with Gasteiger partial charge in [0, 0.05) is 6.42 Å². The fraction of sp³-hybridized carbons (Fsp3) is 0.107. The smallest absolute Gasteiger partial charge is 0.0703 e. The Hall–Kier alpha value is -3.65. The molecule has 1 aliphatic rings. The average Bonchev–Trinajstić information content (AvgIpc) is 3.25. The van der Waals surface area contributed by atoms with Crippen molar-refractivity contribution in [3.8, 4) is 11.1 Å². The van der Waals surface area contributed by atoms with Crippen molar-refractivity contribution >= 4 is 11.4 Å². The zero-order valence-corrected chi connectivity index (χ0v) is 16.9. The Bertz CT molecular complexity index is 1120. The third-order valence-corrected chi connectivity index (χ3v) is 5.66. The van der Waals surface area contributed by atoms with Crippen LogP contribution in [0, 0.1) is 0 Å². The Kier molecular flexibility index (Phi) is 5.14. The molecule has 0 bridgehead atoms. The minimum Gasteiger partial charge on any atom is -0.261 e. The Morgan fingerprint density at radius 3 is 1.80 bits per heavy atom. The number of benzene rings is 4. The van der Waals surface area contributed by atoms with Gasteiger partial charge in [0.2, 0.25) is 0 Å². The molecule has 2 heteroatoms. The zero-order valence-electron chi connectivity index (χ0n) is 16.9. The third kappa shape index (κ3) is 3.90. The van der Waals surface area contributed by atoms with Gasteiger partial charge >= 0.3 is 0 Å². The summed E-state index contributed by atoms with van der Waals surface area (Å²) in [5.74, 6) is 0. The number of hydrogen-bond donors (Lipinski definition) is 0. The van der Waals surface area contributed by atoms with E-state index in [1.165, 1.54) is 22.3 Å². The van der Waals surface area contributed by atoms with Gasteiger partial charge in [0.05, 0.1) is 17.4 Å². The first-order chi connectivity index (χ1) is 14.9. The number of para-hydroxylation sites is 1. The van der Waals surface area contributed by atoms with Crippen molar-refractivity contribution in [2.75, 3.05) is 5.01 Å². The zero-order chi connectivity index (χ0) is 20.2. The van der Waals surface area contributed by atoms with Gasteiger partial charge in [0.1, 0.15) is 0 Å². The molecule has 1 aliphatic heterocycles. The van der Waals surface area contributed by atoms with Gasteiger partial charge in [-0.05, 0) is 40.8 Å². The first-order valence-corrected chi connectivity index (χ1v) is 10.5. The van der Waals surface area contributed by atoms with Gasteiger partial charge in [0.25, 0.3) is 0 Å². The molecule has 146 valence electrons. The summed E-state index contributed by atoms with van der Waals surface area (Å²) in [5.41, 5.74) is 7.32. The lowest BCUT2D eigenvalue weighted by molar-refractivity contribution is 0.657. The number of nitrogens with zero attached hydrogens (tertiary/aromatic N) is 2. The van der Waals surface area contributed by atoms with Crippen LogP contribution in [-0.4, -0.2) is 11.8 Å². The van der Waals surface area contributed by atoms with E-state index >= 15 is 0 Å². The van der Waals surface area contributed by atoms with E-state index in [1.807, 2.05) is 0 Å². The average molecular weight is 389 g/mol. The van der Waals surface area contributed by atoms with Gasteiger partial charge in [-0.25, -0.2) is 0 Å². The normalized spacial score (nSPS) is 15.8. The Balaban J connectivity index is 1.43. The van der Waals surface area contributed by atoms with Crippen LogP contribution in [0.4, 0.5) is 5.69 Å². The molecule has 0 aromatic heterocycles. The van der Waals surface area contributed by atoms with E-state index in [9.17, 15) is 0 Å². The monoisotopic (exact) mass is 388 g/mol. The maximum absolute atomic E-state index is 5.06. The predicted octanol–water partition coefficient (Wildman–Crippen LogP) is 6.58. The van der Waals surface area contributed by atoms with Crippen LogP contribution in [0.1, 0.15) is 17.5 Å². The molecule has 0 aliphatic carbocycles. The molecule has 0 spiro atoms. The second-order valence-corrected chi connectivity index (χ2v) is 7.72. The lowest BCUT2D eigenvalue weighted by atomic mass is 9.97. The van der Waals surface area contributed by atoms with Crippen molar-refractivity contribution in [1.82, 2.24) is 0 Å². The molecular weight excluding hydrogens is 364 g/mol. The standard InChI is InChI=1S/C28H24N2/c1-4-10-22(11-5-1)20-27-21-28(29-30(27)26-14-8-3-9-15-26)25-18-16-24(17-19-25)23-12-6-2-7-13-23/h1-19,27H,20-21H2. The summed E-state index contributed by atoms with van der Waals surface area (Å²) in [6.45, 7) is 0. The van der Waals surface area contributed by atoms with Crippen molar-refractivity contribution in [2.45, 2.75) is 18.9 Å². The van der Waals surface area contributed by atoms with Crippen molar-refractivity contribution in [2.24, 2.45) is 5.10 Å². The lowest BCUT2D eigenvalue weighted by Crippen LogP contribution is -2.28. The molecule has 0 radical (unpaired) electrons. The van der Waals surface area contributed by atoms with Crippen LogP contribution in [0.2, 0.25) is 0 Å². The highest BCUT2D eigenvalue weighted by Gasteiger charge is 2.28. The molecule has 0 amide bonds. The highest BCUT2D eigenvalue weighted by molar-refractivity contribution is 6.03. The molecule has 0 saturated heterocycles. The maximum Gasteiger partial charge on any atom is 0.0703 e. The molecule has 5 rings (SSSR count). The summed E-state index contributed by atoms with van der Waals surface area (Å²) >= 11 is 0. The molecule has 30 heavy (non-hydrogen) atoms. The fourth-order valence-corrected chi connectivity index (χ4v) is 4.12. The summed E-state index contributed by atoms with van der Waals surface area (Å²) in [6, 6.07) is 40.8. The van der Waals surface area contributed by atoms with Gasteiger partial charge in [-0.15, -0.1) is 0 Å². The van der Waals surface area contributed by atoms with E-state index in [2.05, 4.69) is 120 Å². The highest BCUT2D eigenvalue weighted by atomic mass is 15.5. The van der Waals surface area contributed by atoms with Gasteiger partial charge in [-0.3, -0.25) is 5.01 Å². The third-order valence-electron chi connectivity index (χ3n) is 5.66. The molecule has 4 aromatic rings. The van der Waals surface area contributed by atoms with E-state index < -0.39 is 0 Å². The van der Waals surface area contributed by atoms with Crippen molar-refractivity contribution < 1.29 is 0 Å². The Morgan fingerprint density at radius 2 is 1.13 bits per heavy atom. The molecule has 1 heterocycles. The number of anilines is 1. The molecule has 2 nitrogen and oxygen atoms in total. The van der Waals surface area contributed by atoms with Gasteiger partial charge in [0.15, 0.2) is 0 Å². The molecule has 1 unspecified atom stereocenters. The highest BCUT2D eigenvalue weighted by Crippen LogP contribution is 2.29. The first kappa shape index (κ1) is 18.4. The van der Waals surface area contributed by atoms with E-state index in [0.717, 1.165) is 24.2 Å². The molecule has 0 fully saturated rings. The van der Waals surface area contributed by atoms with Crippen LogP contribution in [-0.2, 0) is 6.42 Å². The molecule has 0 N–H and O–H groups in total. The van der Waals surface area contributed by atoms with Crippen LogP contribution in [0.25, 0.3) is 11.1 Å². The topological polar surface area (TPSA) is 15.6 Å². The summed E-state index contributed by atoms with van der Waals surface area (Å²) in [6.07, 6.45) is 1.92. The summed E-state index contributed by atoms with van der Waals surface area (Å²) in [4.78, 5) is 0. The summed E-state index contributed by atoms with van der Waals surface area (Å²) in [7, 11) is 0. The predicted molar refractivity (Wildman–Crippen MR) is 126 cm³/mol. The lowest BCUT2D eigenvalue weighted by Gasteiger charge is -2.23. The fourth-order valence-electron chi connectivity index (χ4n) is 4.12. The number of hydrazone groups is 1. The molecule has 4 aromatic carbocycles. The summed E-state index contributed by atoms with van der Waals surface area (Å²) < 4.78 is 0. The summed E-state index contributed by atoms with van der Waals surface area (Å²) in [5, 5.41) is 7.26. The van der Waals surface area contributed by atoms with Crippen molar-refractivity contribution in [1.29, 1.82) is 0 Å². The van der Waals surface area contributed by atoms with Crippen LogP contribution in [0.15, 0.2) is 120 Å². The Morgan fingerprint density at radius 1 is 0.600 bits per heavy atom. The second kappa shape index (κ2) is 8.38. The van der Waals surface area contributed by atoms with E-state index in [-0.39, 0.29) is 0 Å². The van der Waals surface area contributed by atoms with Crippen LogP contribution >= 0.6 is 0 Å². The van der Waals surface area contributed by atoms with Crippen molar-refractivity contribution in [3.63, 3.8) is 0 Å².